The molecule has 2 aromatic carbocycles. The molecule has 452 valence electrons. The molecule has 0 spiro atoms. The van der Waals surface area contributed by atoms with E-state index in [1.807, 2.05) is 24.3 Å². The Bertz CT molecular complexity index is 1580. The van der Waals surface area contributed by atoms with Crippen molar-refractivity contribution in [2.45, 2.75) is 19.3 Å². The Morgan fingerprint density at radius 1 is 0.291 bits per heavy atom. The van der Waals surface area contributed by atoms with Gasteiger partial charge >= 0.3 is 11.9 Å². The number of carbonyl (C=O) groups excluding carboxylic acids is 2. The number of rotatable bonds is 60. The van der Waals surface area contributed by atoms with Crippen LogP contribution in [0.2, 0.25) is 0 Å². The molecule has 0 aliphatic rings. The maximum absolute atomic E-state index is 10.9. The van der Waals surface area contributed by atoms with Gasteiger partial charge in [0, 0.05) is 17.6 Å². The molecule has 0 saturated heterocycles. The molecule has 0 amide bonds. The molecule has 0 bridgehead atoms. The first-order chi connectivity index (χ1) is 38.9. The smallest absolute Gasteiger partial charge is 0.330 e. The van der Waals surface area contributed by atoms with E-state index in [2.05, 4.69) is 51.3 Å². The van der Waals surface area contributed by atoms with E-state index >= 15 is 0 Å². The number of hydrogen-bond donors (Lipinski definition) is 0. The van der Waals surface area contributed by atoms with Crippen LogP contribution < -0.4 is 9.47 Å². The SMILES string of the molecule is C=CC(=O)OCCOCCOCCOCCOCCOCCOCCOCCOCCOc1ccc(C(C)(C)c2ccc(OCCOCCOCCOCCOCCOCCOCCOCCOCCOC(=O)C=C)cc2)cc1. The second kappa shape index (κ2) is 53.1. The molecule has 0 aromatic heterocycles. The minimum absolute atomic E-state index is 0.189. The Labute approximate surface area is 468 Å². The fourth-order valence-electron chi connectivity index (χ4n) is 6.34. The second-order valence-electron chi connectivity index (χ2n) is 16.9. The highest BCUT2D eigenvalue weighted by Crippen LogP contribution is 2.33. The summed E-state index contributed by atoms with van der Waals surface area (Å²) in [5.74, 6) is 0.637. The normalized spacial score (nSPS) is 11.5. The number of benzene rings is 2. The molecule has 0 N–H and O–H groups in total. The van der Waals surface area contributed by atoms with E-state index < -0.39 is 11.9 Å². The fraction of sp³-hybridized carbons (Fsp3) is 0.684. The second-order valence-corrected chi connectivity index (χ2v) is 16.9. The first kappa shape index (κ1) is 70.9. The minimum Gasteiger partial charge on any atom is -0.491 e. The molecule has 22 heteroatoms. The van der Waals surface area contributed by atoms with E-state index in [0.717, 1.165) is 23.7 Å². The van der Waals surface area contributed by atoms with Crippen molar-refractivity contribution in [2.75, 3.05) is 238 Å². The number of carbonyl (C=O) groups is 2. The van der Waals surface area contributed by atoms with Crippen LogP contribution in [0.3, 0.4) is 0 Å². The van der Waals surface area contributed by atoms with Gasteiger partial charge in [0.2, 0.25) is 0 Å². The van der Waals surface area contributed by atoms with Crippen LogP contribution in [0.1, 0.15) is 25.0 Å². The highest BCUT2D eigenvalue weighted by Gasteiger charge is 2.23. The van der Waals surface area contributed by atoms with E-state index in [4.69, 9.17) is 94.7 Å². The van der Waals surface area contributed by atoms with Crippen LogP contribution in [-0.4, -0.2) is 250 Å². The zero-order chi connectivity index (χ0) is 56.6. The molecule has 0 unspecified atom stereocenters. The van der Waals surface area contributed by atoms with Crippen LogP contribution >= 0.6 is 0 Å². The highest BCUT2D eigenvalue weighted by molar-refractivity contribution is 5.81. The van der Waals surface area contributed by atoms with Gasteiger partial charge in [-0.1, -0.05) is 51.3 Å². The molecular weight excluding hydrogens is 1040 g/mol. The molecule has 0 aliphatic heterocycles. The molecule has 2 aromatic rings. The van der Waals surface area contributed by atoms with Gasteiger partial charge in [0.25, 0.3) is 0 Å². The van der Waals surface area contributed by atoms with Crippen LogP contribution in [0.15, 0.2) is 73.8 Å². The van der Waals surface area contributed by atoms with Crippen LogP contribution in [-0.2, 0) is 100 Å². The van der Waals surface area contributed by atoms with Crippen molar-refractivity contribution in [1.29, 1.82) is 0 Å². The quantitative estimate of drug-likeness (QED) is 0.0506. The zero-order valence-corrected chi connectivity index (χ0v) is 47.1. The van der Waals surface area contributed by atoms with Gasteiger partial charge in [-0.3, -0.25) is 0 Å². The maximum Gasteiger partial charge on any atom is 0.330 e. The topological polar surface area (TPSA) is 219 Å². The van der Waals surface area contributed by atoms with Crippen molar-refractivity contribution in [3.05, 3.63) is 85.0 Å². The Morgan fingerprint density at radius 2 is 0.456 bits per heavy atom. The highest BCUT2D eigenvalue weighted by atomic mass is 16.6. The molecule has 0 heterocycles. The third-order valence-electron chi connectivity index (χ3n) is 10.6. The van der Waals surface area contributed by atoms with Crippen molar-refractivity contribution in [3.8, 4) is 11.5 Å². The summed E-state index contributed by atoms with van der Waals surface area (Å²) in [5.41, 5.74) is 2.11. The van der Waals surface area contributed by atoms with Crippen LogP contribution in [0.4, 0.5) is 0 Å². The monoisotopic (exact) mass is 1130 g/mol. The Hall–Kier alpha value is -4.18. The lowest BCUT2D eigenvalue weighted by atomic mass is 9.78. The lowest BCUT2D eigenvalue weighted by Gasteiger charge is -2.26. The first-order valence-electron chi connectivity index (χ1n) is 27.2. The Morgan fingerprint density at radius 3 is 0.633 bits per heavy atom. The minimum atomic E-state index is -0.465. The third-order valence-corrected chi connectivity index (χ3v) is 10.6. The van der Waals surface area contributed by atoms with E-state index in [1.165, 1.54) is 11.1 Å². The lowest BCUT2D eigenvalue weighted by Crippen LogP contribution is -2.19. The molecule has 0 fully saturated rings. The summed E-state index contributed by atoms with van der Waals surface area (Å²) >= 11 is 0. The van der Waals surface area contributed by atoms with Gasteiger partial charge < -0.3 is 94.7 Å². The molecule has 22 nitrogen and oxygen atoms in total. The average molecular weight is 1130 g/mol. The van der Waals surface area contributed by atoms with Gasteiger partial charge in [-0.15, -0.1) is 0 Å². The Balaban J connectivity index is 1.30. The summed E-state index contributed by atoms with van der Waals surface area (Å²) in [6.45, 7) is 26.8. The van der Waals surface area contributed by atoms with Crippen molar-refractivity contribution in [2.24, 2.45) is 0 Å². The van der Waals surface area contributed by atoms with E-state index in [0.29, 0.717) is 225 Å². The largest absolute Gasteiger partial charge is 0.491 e. The van der Waals surface area contributed by atoms with Gasteiger partial charge in [0.05, 0.1) is 211 Å². The average Bonchev–Trinajstić information content (AvgIpc) is 3.53. The van der Waals surface area contributed by atoms with Crippen molar-refractivity contribution < 1.29 is 104 Å². The number of hydrogen-bond acceptors (Lipinski definition) is 22. The standard InChI is InChI=1S/C57H92O22/c1-5-55(58)78-49-45-74-41-37-70-33-29-66-25-21-62-17-15-60-19-23-64-27-31-68-35-39-72-43-47-76-53-11-7-51(8-12-53)57(3,4)52-9-13-54(14-10-52)77-48-44-73-40-36-69-32-28-65-24-20-61-16-18-63-22-26-67-30-34-71-38-42-75-46-50-79-56(59)6-2/h5-14H,1-2,15-50H2,3-4H3. The van der Waals surface area contributed by atoms with Crippen molar-refractivity contribution in [1.82, 2.24) is 0 Å². The first-order valence-corrected chi connectivity index (χ1v) is 27.2. The third kappa shape index (κ3) is 43.3. The number of esters is 2. The summed E-state index contributed by atoms with van der Waals surface area (Å²) in [5, 5.41) is 0. The van der Waals surface area contributed by atoms with E-state index in [-0.39, 0.29) is 18.6 Å². The van der Waals surface area contributed by atoms with Crippen LogP contribution in [0.5, 0.6) is 11.5 Å². The lowest BCUT2D eigenvalue weighted by molar-refractivity contribution is -0.140. The molecule has 0 aliphatic carbocycles. The Kier molecular flexibility index (Phi) is 47.7. The van der Waals surface area contributed by atoms with Gasteiger partial charge in [-0.05, 0) is 35.4 Å². The van der Waals surface area contributed by atoms with Gasteiger partial charge in [-0.25, -0.2) is 9.59 Å². The van der Waals surface area contributed by atoms with Crippen molar-refractivity contribution in [3.63, 3.8) is 0 Å². The number of ether oxygens (including phenoxy) is 20. The summed E-state index contributed by atoms with van der Waals surface area (Å²) in [6.07, 6.45) is 2.23. The predicted molar refractivity (Wildman–Crippen MR) is 291 cm³/mol. The summed E-state index contributed by atoms with van der Waals surface area (Å²) in [6, 6.07) is 16.3. The predicted octanol–water partition coefficient (Wildman–Crippen LogP) is 4.49. The van der Waals surface area contributed by atoms with Crippen molar-refractivity contribution >= 4 is 11.9 Å². The molecule has 0 atom stereocenters. The van der Waals surface area contributed by atoms with E-state index in [1.54, 1.807) is 0 Å². The molecule has 0 saturated carbocycles. The fourth-order valence-corrected chi connectivity index (χ4v) is 6.34. The molecule has 2 rings (SSSR count). The van der Waals surface area contributed by atoms with Gasteiger partial charge in [-0.2, -0.15) is 0 Å². The maximum atomic E-state index is 10.9. The summed E-state index contributed by atoms with van der Waals surface area (Å²) in [4.78, 5) is 21.8. The zero-order valence-electron chi connectivity index (χ0n) is 47.1. The van der Waals surface area contributed by atoms with E-state index in [9.17, 15) is 9.59 Å². The van der Waals surface area contributed by atoms with Crippen LogP contribution in [0.25, 0.3) is 0 Å². The summed E-state index contributed by atoms with van der Waals surface area (Å²) in [7, 11) is 0. The summed E-state index contributed by atoms with van der Waals surface area (Å²) < 4.78 is 109. The van der Waals surface area contributed by atoms with Gasteiger partial charge in [0.15, 0.2) is 0 Å². The molecular formula is C57H92O22. The molecule has 79 heavy (non-hydrogen) atoms. The van der Waals surface area contributed by atoms with Gasteiger partial charge in [0.1, 0.15) is 37.9 Å². The molecule has 0 radical (unpaired) electrons. The van der Waals surface area contributed by atoms with Crippen LogP contribution in [0, 0.1) is 0 Å².